The molecule has 4 rings (SSSR count). The number of carbonyl (C=O) groups is 2. The third kappa shape index (κ3) is 5.62. The minimum Gasteiger partial charge on any atom is -0.478 e. The Hall–Kier alpha value is -4.84. The van der Waals surface area contributed by atoms with Gasteiger partial charge in [0.2, 0.25) is 0 Å². The number of carbonyl (C=O) groups excluding carboxylic acids is 1. The van der Waals surface area contributed by atoms with Gasteiger partial charge in [0.05, 0.1) is 11.3 Å². The highest BCUT2D eigenvalue weighted by Gasteiger charge is 2.15. The van der Waals surface area contributed by atoms with Crippen molar-refractivity contribution in [3.05, 3.63) is 113 Å². The van der Waals surface area contributed by atoms with Crippen molar-refractivity contribution < 1.29 is 14.7 Å². The van der Waals surface area contributed by atoms with E-state index in [2.05, 4.69) is 9.97 Å². The highest BCUT2D eigenvalue weighted by molar-refractivity contribution is 5.96. The number of aryl methyl sites for hydroxylation is 1. The molecule has 1 aromatic heterocycles. The van der Waals surface area contributed by atoms with Crippen LogP contribution in [0, 0.1) is 6.92 Å². The van der Waals surface area contributed by atoms with Gasteiger partial charge in [0, 0.05) is 12.5 Å². The molecule has 0 bridgehead atoms. The third-order valence-electron chi connectivity index (χ3n) is 5.64. The summed E-state index contributed by atoms with van der Waals surface area (Å²) >= 11 is 0. The van der Waals surface area contributed by atoms with Crippen LogP contribution in [0.2, 0.25) is 0 Å². The molecule has 0 aliphatic carbocycles. The quantitative estimate of drug-likeness (QED) is 0.239. The fraction of sp³-hybridized carbons (Fsp3) is 0.0667. The minimum absolute atomic E-state index is 0.172. The number of benzene rings is 3. The summed E-state index contributed by atoms with van der Waals surface area (Å²) in [5.74, 6) is -1.01. The summed E-state index contributed by atoms with van der Waals surface area (Å²) in [6, 6.07) is 22.4. The van der Waals surface area contributed by atoms with Crippen molar-refractivity contribution in [2.45, 2.75) is 13.8 Å². The number of carboxylic acid groups (broad SMARTS) is 1. The first-order valence-electron chi connectivity index (χ1n) is 11.4. The summed E-state index contributed by atoms with van der Waals surface area (Å²) in [6.07, 6.45) is 7.42. The van der Waals surface area contributed by atoms with E-state index in [1.165, 1.54) is 12.5 Å². The number of aromatic carboxylic acids is 1. The highest BCUT2D eigenvalue weighted by Crippen LogP contribution is 2.28. The SMILES string of the molecule is CC(=O)c1nc(N)c(-c2ccc(-c3ccc(C(=O)O)cc3)cc2)nc1/C=C/C=C/c1ccc(C)cc1. The van der Waals surface area contributed by atoms with Crippen molar-refractivity contribution in [1.82, 2.24) is 9.97 Å². The number of nitrogens with zero attached hydrogens (tertiary/aromatic N) is 2. The van der Waals surface area contributed by atoms with Gasteiger partial charge in [-0.15, -0.1) is 0 Å². The van der Waals surface area contributed by atoms with E-state index in [-0.39, 0.29) is 22.9 Å². The number of hydrogen-bond donors (Lipinski definition) is 2. The molecule has 0 spiro atoms. The van der Waals surface area contributed by atoms with Crippen molar-refractivity contribution in [3.63, 3.8) is 0 Å². The monoisotopic (exact) mass is 475 g/mol. The first kappa shape index (κ1) is 24.3. The lowest BCUT2D eigenvalue weighted by atomic mass is 10.0. The standard InChI is InChI=1S/C30H25N3O3/c1-19-7-9-21(10-8-19)5-3-4-6-26-27(20(2)34)33-29(31)28(32-26)24-15-11-22(12-16-24)23-13-17-25(18-14-23)30(35)36/h3-18H,1-2H3,(H2,31,33)(H,35,36)/b5-3+,6-4+. The first-order chi connectivity index (χ1) is 17.3. The maximum absolute atomic E-state index is 12.2. The molecule has 0 aliphatic heterocycles. The Kier molecular flexibility index (Phi) is 7.16. The van der Waals surface area contributed by atoms with Crippen LogP contribution in [-0.2, 0) is 0 Å². The Morgan fingerprint density at radius 1 is 0.778 bits per heavy atom. The molecule has 0 saturated carbocycles. The Bertz CT molecular complexity index is 1470. The highest BCUT2D eigenvalue weighted by atomic mass is 16.4. The van der Waals surface area contributed by atoms with Gasteiger partial charge in [0.25, 0.3) is 0 Å². The zero-order valence-corrected chi connectivity index (χ0v) is 20.0. The number of nitrogen functional groups attached to an aromatic ring is 1. The third-order valence-corrected chi connectivity index (χ3v) is 5.64. The zero-order valence-electron chi connectivity index (χ0n) is 20.0. The lowest BCUT2D eigenvalue weighted by molar-refractivity contribution is 0.0696. The van der Waals surface area contributed by atoms with Crippen LogP contribution in [0.15, 0.2) is 84.9 Å². The van der Waals surface area contributed by atoms with Gasteiger partial charge in [-0.05, 0) is 41.8 Å². The molecule has 0 fully saturated rings. The van der Waals surface area contributed by atoms with Crippen LogP contribution in [-0.4, -0.2) is 26.8 Å². The van der Waals surface area contributed by atoms with Crippen molar-refractivity contribution in [2.75, 3.05) is 5.73 Å². The second-order valence-electron chi connectivity index (χ2n) is 8.34. The first-order valence-corrected chi connectivity index (χ1v) is 11.4. The molecule has 1 heterocycles. The molecular weight excluding hydrogens is 450 g/mol. The number of aromatic nitrogens is 2. The minimum atomic E-state index is -0.963. The topological polar surface area (TPSA) is 106 Å². The predicted octanol–water partition coefficient (Wildman–Crippen LogP) is 6.33. The number of hydrogen-bond acceptors (Lipinski definition) is 5. The summed E-state index contributed by atoms with van der Waals surface area (Å²) < 4.78 is 0. The molecule has 6 nitrogen and oxygen atoms in total. The van der Waals surface area contributed by atoms with Crippen molar-refractivity contribution in [2.24, 2.45) is 0 Å². The molecular formula is C30H25N3O3. The average molecular weight is 476 g/mol. The number of ketones is 1. The number of allylic oxidation sites excluding steroid dienone is 2. The molecule has 0 unspecified atom stereocenters. The predicted molar refractivity (Wildman–Crippen MR) is 144 cm³/mol. The summed E-state index contributed by atoms with van der Waals surface area (Å²) in [5, 5.41) is 9.09. The second kappa shape index (κ2) is 10.6. The van der Waals surface area contributed by atoms with Crippen LogP contribution in [0.25, 0.3) is 34.5 Å². The van der Waals surface area contributed by atoms with Crippen LogP contribution < -0.4 is 5.73 Å². The average Bonchev–Trinajstić information content (AvgIpc) is 2.88. The van der Waals surface area contributed by atoms with E-state index in [1.54, 1.807) is 30.3 Å². The van der Waals surface area contributed by atoms with E-state index in [0.717, 1.165) is 22.3 Å². The number of rotatable bonds is 7. The lowest BCUT2D eigenvalue weighted by Gasteiger charge is -2.10. The maximum Gasteiger partial charge on any atom is 0.335 e. The molecule has 0 saturated heterocycles. The van der Waals surface area contributed by atoms with Crippen molar-refractivity contribution in [3.8, 4) is 22.4 Å². The summed E-state index contributed by atoms with van der Waals surface area (Å²) in [6.45, 7) is 3.48. The van der Waals surface area contributed by atoms with E-state index in [0.29, 0.717) is 11.4 Å². The number of Topliss-reactive ketones (excluding diaryl/α,β-unsaturated/α-hetero) is 1. The van der Waals surface area contributed by atoms with Crippen molar-refractivity contribution in [1.29, 1.82) is 0 Å². The van der Waals surface area contributed by atoms with Crippen LogP contribution in [0.3, 0.4) is 0 Å². The van der Waals surface area contributed by atoms with E-state index in [1.807, 2.05) is 73.7 Å². The van der Waals surface area contributed by atoms with Crippen LogP contribution in [0.5, 0.6) is 0 Å². The molecule has 0 amide bonds. The Morgan fingerprint density at radius 3 is 1.92 bits per heavy atom. The van der Waals surface area contributed by atoms with Crippen LogP contribution >= 0.6 is 0 Å². The fourth-order valence-electron chi connectivity index (χ4n) is 3.67. The molecule has 3 aromatic carbocycles. The van der Waals surface area contributed by atoms with E-state index >= 15 is 0 Å². The summed E-state index contributed by atoms with van der Waals surface area (Å²) in [4.78, 5) is 32.2. The van der Waals surface area contributed by atoms with Gasteiger partial charge < -0.3 is 10.8 Å². The fourth-order valence-corrected chi connectivity index (χ4v) is 3.67. The normalized spacial score (nSPS) is 11.3. The Morgan fingerprint density at radius 2 is 1.33 bits per heavy atom. The van der Waals surface area contributed by atoms with E-state index in [4.69, 9.17) is 10.8 Å². The van der Waals surface area contributed by atoms with Crippen molar-refractivity contribution >= 4 is 29.7 Å². The summed E-state index contributed by atoms with van der Waals surface area (Å²) in [5.41, 5.74) is 12.4. The van der Waals surface area contributed by atoms with Crippen LogP contribution in [0.1, 0.15) is 44.6 Å². The molecule has 0 atom stereocenters. The lowest BCUT2D eigenvalue weighted by Crippen LogP contribution is -2.08. The number of carboxylic acids is 1. The smallest absolute Gasteiger partial charge is 0.335 e. The van der Waals surface area contributed by atoms with E-state index < -0.39 is 5.97 Å². The second-order valence-corrected chi connectivity index (χ2v) is 8.34. The van der Waals surface area contributed by atoms with Gasteiger partial charge in [-0.1, -0.05) is 84.5 Å². The Balaban J connectivity index is 1.61. The number of anilines is 1. The van der Waals surface area contributed by atoms with Gasteiger partial charge in [0.15, 0.2) is 11.6 Å². The summed E-state index contributed by atoms with van der Waals surface area (Å²) in [7, 11) is 0. The van der Waals surface area contributed by atoms with Gasteiger partial charge >= 0.3 is 5.97 Å². The van der Waals surface area contributed by atoms with Crippen LogP contribution in [0.4, 0.5) is 5.82 Å². The van der Waals surface area contributed by atoms with Gasteiger partial charge in [-0.25, -0.2) is 14.8 Å². The van der Waals surface area contributed by atoms with Gasteiger partial charge in [-0.2, -0.15) is 0 Å². The van der Waals surface area contributed by atoms with Gasteiger partial charge in [0.1, 0.15) is 11.4 Å². The molecule has 178 valence electrons. The molecule has 6 heteroatoms. The van der Waals surface area contributed by atoms with Gasteiger partial charge in [-0.3, -0.25) is 4.79 Å². The molecule has 36 heavy (non-hydrogen) atoms. The molecule has 3 N–H and O–H groups in total. The maximum atomic E-state index is 12.2. The molecule has 4 aromatic rings. The number of nitrogens with two attached hydrogens (primary N) is 1. The molecule has 0 aliphatic rings. The zero-order chi connectivity index (χ0) is 25.7. The molecule has 0 radical (unpaired) electrons. The van der Waals surface area contributed by atoms with E-state index in [9.17, 15) is 9.59 Å². The largest absolute Gasteiger partial charge is 0.478 e. The Labute approximate surface area is 209 Å².